The van der Waals surface area contributed by atoms with Crippen LogP contribution in [0.5, 0.6) is 0 Å². The fourth-order valence-corrected chi connectivity index (χ4v) is 1.84. The lowest BCUT2D eigenvalue weighted by atomic mass is 10.1. The standard InChI is InChI=1S/C14H19N3/c1-2-15-12-14-8-10-16-17(14)11-9-13-6-4-3-5-7-13/h3-8,10,15H,2,9,11-12H2,1H3. The molecule has 0 fully saturated rings. The highest BCUT2D eigenvalue weighted by Gasteiger charge is 2.01. The Morgan fingerprint density at radius 3 is 2.76 bits per heavy atom. The maximum atomic E-state index is 4.36. The predicted octanol–water partition coefficient (Wildman–Crippen LogP) is 2.24. The van der Waals surface area contributed by atoms with E-state index < -0.39 is 0 Å². The largest absolute Gasteiger partial charge is 0.311 e. The lowest BCUT2D eigenvalue weighted by molar-refractivity contribution is 0.562. The molecule has 0 bridgehead atoms. The molecular formula is C14H19N3. The minimum Gasteiger partial charge on any atom is -0.311 e. The Morgan fingerprint density at radius 2 is 2.00 bits per heavy atom. The van der Waals surface area contributed by atoms with Gasteiger partial charge in [-0.15, -0.1) is 0 Å². The summed E-state index contributed by atoms with van der Waals surface area (Å²) < 4.78 is 2.08. The first-order chi connectivity index (χ1) is 8.40. The fraction of sp³-hybridized carbons (Fsp3) is 0.357. The van der Waals surface area contributed by atoms with Gasteiger partial charge in [-0.05, 0) is 24.6 Å². The molecule has 3 nitrogen and oxygen atoms in total. The van der Waals surface area contributed by atoms with E-state index in [1.807, 2.05) is 12.3 Å². The summed E-state index contributed by atoms with van der Waals surface area (Å²) in [4.78, 5) is 0. The number of aryl methyl sites for hydroxylation is 2. The molecule has 1 aromatic heterocycles. The van der Waals surface area contributed by atoms with Gasteiger partial charge in [-0.25, -0.2) is 0 Å². The van der Waals surface area contributed by atoms with Gasteiger partial charge in [0.25, 0.3) is 0 Å². The molecule has 0 aliphatic carbocycles. The van der Waals surface area contributed by atoms with Crippen molar-refractivity contribution < 1.29 is 0 Å². The average molecular weight is 229 g/mol. The predicted molar refractivity (Wildman–Crippen MR) is 69.8 cm³/mol. The number of rotatable bonds is 6. The third-order valence-corrected chi connectivity index (χ3v) is 2.82. The first-order valence-electron chi connectivity index (χ1n) is 6.15. The highest BCUT2D eigenvalue weighted by atomic mass is 15.3. The van der Waals surface area contributed by atoms with Crippen molar-refractivity contribution >= 4 is 0 Å². The second-order valence-electron chi connectivity index (χ2n) is 4.06. The van der Waals surface area contributed by atoms with Gasteiger partial charge in [0, 0.05) is 19.3 Å². The summed E-state index contributed by atoms with van der Waals surface area (Å²) in [6, 6.07) is 12.6. The van der Waals surface area contributed by atoms with Crippen LogP contribution < -0.4 is 5.32 Å². The highest BCUT2D eigenvalue weighted by molar-refractivity contribution is 5.14. The summed E-state index contributed by atoms with van der Waals surface area (Å²) >= 11 is 0. The molecule has 0 saturated heterocycles. The molecule has 0 amide bonds. The van der Waals surface area contributed by atoms with Gasteiger partial charge in [0.2, 0.25) is 0 Å². The van der Waals surface area contributed by atoms with Crippen LogP contribution in [0.4, 0.5) is 0 Å². The Bertz CT molecular complexity index is 434. The molecule has 0 saturated carbocycles. The van der Waals surface area contributed by atoms with Crippen molar-refractivity contribution in [2.75, 3.05) is 6.54 Å². The topological polar surface area (TPSA) is 29.9 Å². The van der Waals surface area contributed by atoms with Gasteiger partial charge in [0.1, 0.15) is 0 Å². The summed E-state index contributed by atoms with van der Waals surface area (Å²) in [5.41, 5.74) is 2.61. The number of aromatic nitrogens is 2. The van der Waals surface area contributed by atoms with Gasteiger partial charge in [-0.2, -0.15) is 5.10 Å². The molecule has 17 heavy (non-hydrogen) atoms. The van der Waals surface area contributed by atoms with E-state index >= 15 is 0 Å². The van der Waals surface area contributed by atoms with E-state index in [2.05, 4.69) is 52.4 Å². The normalized spacial score (nSPS) is 10.6. The Morgan fingerprint density at radius 1 is 1.18 bits per heavy atom. The van der Waals surface area contributed by atoms with Crippen molar-refractivity contribution in [1.29, 1.82) is 0 Å². The van der Waals surface area contributed by atoms with Crippen LogP contribution in [0.3, 0.4) is 0 Å². The Balaban J connectivity index is 1.92. The zero-order valence-electron chi connectivity index (χ0n) is 10.3. The Hall–Kier alpha value is -1.61. The molecule has 0 aliphatic rings. The third kappa shape index (κ3) is 3.43. The molecule has 0 unspecified atom stereocenters. The molecule has 1 N–H and O–H groups in total. The van der Waals surface area contributed by atoms with E-state index in [-0.39, 0.29) is 0 Å². The molecule has 2 aromatic rings. The summed E-state index contributed by atoms with van der Waals surface area (Å²) in [6.45, 7) is 4.94. The smallest absolute Gasteiger partial charge is 0.0522 e. The van der Waals surface area contributed by atoms with Crippen molar-refractivity contribution in [3.8, 4) is 0 Å². The molecule has 1 aromatic carbocycles. The second-order valence-corrected chi connectivity index (χ2v) is 4.06. The summed E-state index contributed by atoms with van der Waals surface area (Å²) in [5, 5.41) is 7.69. The number of hydrogen-bond acceptors (Lipinski definition) is 2. The van der Waals surface area contributed by atoms with E-state index in [0.717, 1.165) is 26.1 Å². The van der Waals surface area contributed by atoms with E-state index in [1.54, 1.807) is 0 Å². The van der Waals surface area contributed by atoms with Crippen LogP contribution in [-0.2, 0) is 19.5 Å². The fourth-order valence-electron chi connectivity index (χ4n) is 1.84. The van der Waals surface area contributed by atoms with Crippen molar-refractivity contribution in [2.45, 2.75) is 26.4 Å². The Labute approximate surface area is 102 Å². The van der Waals surface area contributed by atoms with Crippen LogP contribution in [0, 0.1) is 0 Å². The zero-order chi connectivity index (χ0) is 11.9. The van der Waals surface area contributed by atoms with E-state index in [0.29, 0.717) is 0 Å². The molecule has 2 rings (SSSR count). The summed E-state index contributed by atoms with van der Waals surface area (Å²) in [7, 11) is 0. The first-order valence-corrected chi connectivity index (χ1v) is 6.15. The van der Waals surface area contributed by atoms with Gasteiger partial charge in [-0.3, -0.25) is 4.68 Å². The number of benzene rings is 1. The maximum Gasteiger partial charge on any atom is 0.0522 e. The molecule has 0 radical (unpaired) electrons. The molecule has 1 heterocycles. The monoisotopic (exact) mass is 229 g/mol. The van der Waals surface area contributed by atoms with Crippen LogP contribution in [-0.4, -0.2) is 16.3 Å². The molecule has 0 aliphatic heterocycles. The second kappa shape index (κ2) is 6.21. The number of nitrogens with one attached hydrogen (secondary N) is 1. The van der Waals surface area contributed by atoms with Gasteiger partial charge in [-0.1, -0.05) is 37.3 Å². The van der Waals surface area contributed by atoms with Crippen molar-refractivity contribution in [2.24, 2.45) is 0 Å². The quantitative estimate of drug-likeness (QED) is 0.823. The van der Waals surface area contributed by atoms with Crippen LogP contribution >= 0.6 is 0 Å². The van der Waals surface area contributed by atoms with Crippen molar-refractivity contribution in [3.05, 3.63) is 53.9 Å². The number of hydrogen-bond donors (Lipinski definition) is 1. The SMILES string of the molecule is CCNCc1ccnn1CCc1ccccc1. The summed E-state index contributed by atoms with van der Waals surface area (Å²) in [5.74, 6) is 0. The molecular weight excluding hydrogens is 210 g/mol. The van der Waals surface area contributed by atoms with Crippen LogP contribution in [0.25, 0.3) is 0 Å². The van der Waals surface area contributed by atoms with E-state index in [1.165, 1.54) is 11.3 Å². The lowest BCUT2D eigenvalue weighted by Crippen LogP contribution is -2.16. The molecule has 0 atom stereocenters. The van der Waals surface area contributed by atoms with E-state index in [4.69, 9.17) is 0 Å². The maximum absolute atomic E-state index is 4.36. The lowest BCUT2D eigenvalue weighted by Gasteiger charge is -2.07. The third-order valence-electron chi connectivity index (χ3n) is 2.82. The Kier molecular flexibility index (Phi) is 4.33. The first kappa shape index (κ1) is 11.9. The van der Waals surface area contributed by atoms with E-state index in [9.17, 15) is 0 Å². The van der Waals surface area contributed by atoms with Gasteiger partial charge in [0.05, 0.1) is 5.69 Å². The molecule has 90 valence electrons. The van der Waals surface area contributed by atoms with Gasteiger partial charge < -0.3 is 5.32 Å². The number of nitrogens with zero attached hydrogens (tertiary/aromatic N) is 2. The van der Waals surface area contributed by atoms with Gasteiger partial charge in [0.15, 0.2) is 0 Å². The van der Waals surface area contributed by atoms with Gasteiger partial charge >= 0.3 is 0 Å². The van der Waals surface area contributed by atoms with Crippen LogP contribution in [0.1, 0.15) is 18.2 Å². The average Bonchev–Trinajstić information content (AvgIpc) is 2.82. The van der Waals surface area contributed by atoms with Crippen molar-refractivity contribution in [3.63, 3.8) is 0 Å². The molecule has 3 heteroatoms. The minimum atomic E-state index is 0.894. The zero-order valence-corrected chi connectivity index (χ0v) is 10.3. The van der Waals surface area contributed by atoms with Crippen molar-refractivity contribution in [1.82, 2.24) is 15.1 Å². The minimum absolute atomic E-state index is 0.894. The van der Waals surface area contributed by atoms with Crippen LogP contribution in [0.2, 0.25) is 0 Å². The van der Waals surface area contributed by atoms with Crippen LogP contribution in [0.15, 0.2) is 42.6 Å². The molecule has 0 spiro atoms. The summed E-state index contributed by atoms with van der Waals surface area (Å²) in [6.07, 6.45) is 2.90. The highest BCUT2D eigenvalue weighted by Crippen LogP contribution is 2.04.